The molecule has 3 aromatic rings. The molecule has 2 aliphatic heterocycles. The Morgan fingerprint density at radius 2 is 1.29 bits per heavy atom. The van der Waals surface area contributed by atoms with Crippen LogP contribution in [0.1, 0.15) is 17.2 Å². The minimum Gasteiger partial charge on any atom is -0.354 e. The lowest BCUT2D eigenvalue weighted by atomic mass is 9.96. The molecular formula is C27H23Cl3N3O2+. The molecule has 5 nitrogen and oxygen atoms in total. The number of hydrogen-bond acceptors (Lipinski definition) is 3. The van der Waals surface area contributed by atoms with Crippen LogP contribution in [0, 0.1) is 0 Å². The van der Waals surface area contributed by atoms with Crippen LogP contribution in [0.15, 0.2) is 89.6 Å². The van der Waals surface area contributed by atoms with Crippen molar-refractivity contribution in [3.63, 3.8) is 0 Å². The number of benzene rings is 3. The van der Waals surface area contributed by atoms with Gasteiger partial charge in [0.25, 0.3) is 11.8 Å². The quantitative estimate of drug-likeness (QED) is 0.503. The SMILES string of the molecule is O=C1C(Cl)=C(N2CC[NH+](C(c3ccccc3)c3ccccc3)CC2)C(=O)N1c1cccc(Cl)c1Cl. The number of anilines is 1. The van der Waals surface area contributed by atoms with Gasteiger partial charge in [0.1, 0.15) is 16.8 Å². The number of hydrogen-bond donors (Lipinski definition) is 1. The highest BCUT2D eigenvalue weighted by Gasteiger charge is 2.43. The van der Waals surface area contributed by atoms with Gasteiger partial charge in [0.15, 0.2) is 0 Å². The first-order valence-electron chi connectivity index (χ1n) is 11.4. The summed E-state index contributed by atoms with van der Waals surface area (Å²) in [7, 11) is 0. The predicted octanol–water partition coefficient (Wildman–Crippen LogP) is 4.31. The van der Waals surface area contributed by atoms with E-state index in [4.69, 9.17) is 34.8 Å². The lowest BCUT2D eigenvalue weighted by molar-refractivity contribution is -0.929. The Balaban J connectivity index is 1.37. The Labute approximate surface area is 219 Å². The summed E-state index contributed by atoms with van der Waals surface area (Å²) in [5, 5.41) is 0.320. The summed E-state index contributed by atoms with van der Waals surface area (Å²) in [6, 6.07) is 25.9. The van der Waals surface area contributed by atoms with Gasteiger partial charge in [-0.1, -0.05) is 102 Å². The predicted molar refractivity (Wildman–Crippen MR) is 139 cm³/mol. The molecule has 178 valence electrons. The first-order valence-corrected chi connectivity index (χ1v) is 12.5. The van der Waals surface area contributed by atoms with Crippen LogP contribution in [-0.4, -0.2) is 42.9 Å². The number of carbonyl (C=O) groups excluding carboxylic acids is 2. The maximum Gasteiger partial charge on any atom is 0.283 e. The van der Waals surface area contributed by atoms with Crippen molar-refractivity contribution in [1.29, 1.82) is 0 Å². The summed E-state index contributed by atoms with van der Waals surface area (Å²) >= 11 is 18.8. The van der Waals surface area contributed by atoms with Gasteiger partial charge in [-0.05, 0) is 12.1 Å². The molecular weight excluding hydrogens is 505 g/mol. The Morgan fingerprint density at radius 3 is 1.86 bits per heavy atom. The van der Waals surface area contributed by atoms with Crippen LogP contribution in [0.5, 0.6) is 0 Å². The number of imide groups is 1. The number of nitrogens with one attached hydrogen (secondary N) is 1. The van der Waals surface area contributed by atoms with Crippen LogP contribution < -0.4 is 9.80 Å². The van der Waals surface area contributed by atoms with E-state index in [0.717, 1.165) is 18.0 Å². The van der Waals surface area contributed by atoms with E-state index in [9.17, 15) is 9.59 Å². The first-order chi connectivity index (χ1) is 17.0. The van der Waals surface area contributed by atoms with Gasteiger partial charge in [0.05, 0.1) is 41.9 Å². The molecule has 0 aliphatic carbocycles. The zero-order chi connectivity index (χ0) is 24.5. The van der Waals surface area contributed by atoms with Crippen molar-refractivity contribution in [3.05, 3.63) is 111 Å². The van der Waals surface area contributed by atoms with Gasteiger partial charge < -0.3 is 9.80 Å². The maximum atomic E-state index is 13.4. The van der Waals surface area contributed by atoms with Gasteiger partial charge in [-0.3, -0.25) is 9.59 Å². The molecule has 2 aliphatic rings. The Hall–Kier alpha value is -2.83. The Morgan fingerprint density at radius 1 is 0.714 bits per heavy atom. The monoisotopic (exact) mass is 526 g/mol. The summed E-state index contributed by atoms with van der Waals surface area (Å²) in [5.74, 6) is -1.06. The van der Waals surface area contributed by atoms with Crippen molar-refractivity contribution < 1.29 is 14.5 Å². The van der Waals surface area contributed by atoms with Gasteiger partial charge >= 0.3 is 0 Å². The van der Waals surface area contributed by atoms with E-state index >= 15 is 0 Å². The fourth-order valence-corrected chi connectivity index (χ4v) is 5.58. The highest BCUT2D eigenvalue weighted by Crippen LogP contribution is 2.38. The molecule has 35 heavy (non-hydrogen) atoms. The smallest absolute Gasteiger partial charge is 0.283 e. The molecule has 2 heterocycles. The second kappa shape index (κ2) is 10.0. The zero-order valence-corrected chi connectivity index (χ0v) is 21.0. The number of piperazine rings is 1. The molecule has 0 spiro atoms. The molecule has 0 saturated carbocycles. The second-order valence-corrected chi connectivity index (χ2v) is 9.74. The summed E-state index contributed by atoms with van der Waals surface area (Å²) in [4.78, 5) is 30.6. The molecule has 8 heteroatoms. The van der Waals surface area contributed by atoms with E-state index in [1.807, 2.05) is 17.0 Å². The van der Waals surface area contributed by atoms with Gasteiger partial charge in [0.2, 0.25) is 0 Å². The summed E-state index contributed by atoms with van der Waals surface area (Å²) in [6.07, 6.45) is 0. The van der Waals surface area contributed by atoms with Gasteiger partial charge in [-0.2, -0.15) is 0 Å². The van der Waals surface area contributed by atoms with E-state index in [2.05, 4.69) is 48.5 Å². The summed E-state index contributed by atoms with van der Waals surface area (Å²) < 4.78 is 0. The van der Waals surface area contributed by atoms with Crippen molar-refractivity contribution in [2.75, 3.05) is 31.1 Å². The van der Waals surface area contributed by atoms with Crippen molar-refractivity contribution in [2.45, 2.75) is 6.04 Å². The molecule has 2 amide bonds. The second-order valence-electron chi connectivity index (χ2n) is 8.58. The van der Waals surface area contributed by atoms with Crippen LogP contribution in [0.3, 0.4) is 0 Å². The van der Waals surface area contributed by atoms with Gasteiger partial charge in [-0.15, -0.1) is 0 Å². The van der Waals surface area contributed by atoms with Gasteiger partial charge in [0, 0.05) is 11.1 Å². The highest BCUT2D eigenvalue weighted by molar-refractivity contribution is 6.54. The summed E-state index contributed by atoms with van der Waals surface area (Å²) in [5.41, 5.74) is 2.95. The van der Waals surface area contributed by atoms with Crippen molar-refractivity contribution in [3.8, 4) is 0 Å². The molecule has 0 bridgehead atoms. The van der Waals surface area contributed by atoms with Crippen molar-refractivity contribution >= 4 is 52.3 Å². The standard InChI is InChI=1S/C27H22Cl3N3O2/c28-20-12-7-13-21(22(20)29)33-26(34)23(30)25(27(33)35)32-16-14-31(15-17-32)24(18-8-3-1-4-9-18)19-10-5-2-6-11-19/h1-13,24H,14-17H2/p+1. The first kappa shape index (κ1) is 23.9. The number of rotatable bonds is 5. The van der Waals surface area contributed by atoms with E-state index in [0.29, 0.717) is 13.1 Å². The number of amides is 2. The van der Waals surface area contributed by atoms with E-state index in [1.54, 1.807) is 18.2 Å². The van der Waals surface area contributed by atoms with Crippen LogP contribution in [0.25, 0.3) is 0 Å². The maximum absolute atomic E-state index is 13.4. The lowest BCUT2D eigenvalue weighted by Crippen LogP contribution is -3.15. The zero-order valence-electron chi connectivity index (χ0n) is 18.8. The van der Waals surface area contributed by atoms with Crippen LogP contribution in [-0.2, 0) is 9.59 Å². The van der Waals surface area contributed by atoms with Crippen molar-refractivity contribution in [2.24, 2.45) is 0 Å². The summed E-state index contributed by atoms with van der Waals surface area (Å²) in [6.45, 7) is 2.74. The topological polar surface area (TPSA) is 45.1 Å². The minimum absolute atomic E-state index is 0.0860. The molecule has 1 N–H and O–H groups in total. The third kappa shape index (κ3) is 4.45. The number of halogens is 3. The number of carbonyl (C=O) groups is 2. The molecule has 0 aromatic heterocycles. The third-order valence-electron chi connectivity index (χ3n) is 6.57. The minimum atomic E-state index is -0.586. The molecule has 0 atom stereocenters. The Bertz CT molecular complexity index is 1250. The van der Waals surface area contributed by atoms with E-state index in [-0.39, 0.29) is 32.5 Å². The Kier molecular flexibility index (Phi) is 6.85. The third-order valence-corrected chi connectivity index (χ3v) is 7.72. The molecule has 0 radical (unpaired) electrons. The molecule has 3 aromatic carbocycles. The van der Waals surface area contributed by atoms with Crippen LogP contribution >= 0.6 is 34.8 Å². The number of nitrogens with zero attached hydrogens (tertiary/aromatic N) is 2. The molecule has 1 saturated heterocycles. The van der Waals surface area contributed by atoms with Gasteiger partial charge in [-0.25, -0.2) is 4.90 Å². The molecule has 5 rings (SSSR count). The van der Waals surface area contributed by atoms with Crippen LogP contribution in [0.4, 0.5) is 5.69 Å². The van der Waals surface area contributed by atoms with E-state index in [1.165, 1.54) is 16.0 Å². The normalized spacial score (nSPS) is 17.1. The molecule has 0 unspecified atom stereocenters. The fourth-order valence-electron chi connectivity index (χ4n) is 4.91. The average Bonchev–Trinajstić information content (AvgIpc) is 3.11. The number of quaternary nitrogens is 1. The van der Waals surface area contributed by atoms with E-state index < -0.39 is 11.8 Å². The van der Waals surface area contributed by atoms with Crippen molar-refractivity contribution in [1.82, 2.24) is 4.90 Å². The fraction of sp³-hybridized carbons (Fsp3) is 0.185. The highest BCUT2D eigenvalue weighted by atomic mass is 35.5. The average molecular weight is 528 g/mol. The lowest BCUT2D eigenvalue weighted by Gasteiger charge is -2.38. The molecule has 1 fully saturated rings. The largest absolute Gasteiger partial charge is 0.354 e. The van der Waals surface area contributed by atoms with Crippen LogP contribution in [0.2, 0.25) is 10.0 Å².